The van der Waals surface area contributed by atoms with Crippen LogP contribution in [0, 0.1) is 23.0 Å². The standard InChI is InChI=1S/C15H16ClN5O4S/c1-7(2)12(14(23)18-15-20-19-8(3)26-15)17-13(22)9-4-5-10(16)11(6-9)21(24)25/h4-7,12H,1-3H3,(H,17,22)(H,18,20,23). The molecule has 138 valence electrons. The van der Waals surface area contributed by atoms with Crippen LogP contribution in [0.4, 0.5) is 10.8 Å². The molecule has 2 N–H and O–H groups in total. The summed E-state index contributed by atoms with van der Waals surface area (Å²) in [5, 5.41) is 24.7. The molecule has 0 bridgehead atoms. The molecule has 0 spiro atoms. The number of halogens is 1. The van der Waals surface area contributed by atoms with Crippen molar-refractivity contribution in [3.63, 3.8) is 0 Å². The minimum atomic E-state index is -0.860. The van der Waals surface area contributed by atoms with Crippen molar-refractivity contribution < 1.29 is 14.5 Å². The zero-order chi connectivity index (χ0) is 19.4. The van der Waals surface area contributed by atoms with Crippen LogP contribution in [0.25, 0.3) is 0 Å². The van der Waals surface area contributed by atoms with E-state index >= 15 is 0 Å². The van der Waals surface area contributed by atoms with Gasteiger partial charge < -0.3 is 5.32 Å². The van der Waals surface area contributed by atoms with E-state index in [1.54, 1.807) is 20.8 Å². The van der Waals surface area contributed by atoms with Gasteiger partial charge in [0, 0.05) is 11.6 Å². The van der Waals surface area contributed by atoms with Crippen LogP contribution in [-0.4, -0.2) is 33.0 Å². The fraction of sp³-hybridized carbons (Fsp3) is 0.333. The molecule has 0 aliphatic heterocycles. The van der Waals surface area contributed by atoms with Gasteiger partial charge in [0.2, 0.25) is 11.0 Å². The second-order valence-corrected chi connectivity index (χ2v) is 7.32. The number of carbonyl (C=O) groups excluding carboxylic acids is 2. The number of amides is 2. The lowest BCUT2D eigenvalue weighted by Crippen LogP contribution is -2.47. The van der Waals surface area contributed by atoms with Crippen molar-refractivity contribution >= 4 is 45.6 Å². The number of rotatable bonds is 6. The van der Waals surface area contributed by atoms with Crippen LogP contribution in [0.15, 0.2) is 18.2 Å². The molecule has 0 fully saturated rings. The summed E-state index contributed by atoms with van der Waals surface area (Å²) in [4.78, 5) is 35.1. The van der Waals surface area contributed by atoms with Crippen molar-refractivity contribution in [3.8, 4) is 0 Å². The molecule has 1 aromatic heterocycles. The van der Waals surface area contributed by atoms with Crippen LogP contribution in [0.5, 0.6) is 0 Å². The Balaban J connectivity index is 2.16. The molecule has 1 aromatic carbocycles. The topological polar surface area (TPSA) is 127 Å². The van der Waals surface area contributed by atoms with Gasteiger partial charge in [-0.2, -0.15) is 0 Å². The average molecular weight is 398 g/mol. The van der Waals surface area contributed by atoms with Gasteiger partial charge in [0.1, 0.15) is 16.1 Å². The number of hydrogen-bond acceptors (Lipinski definition) is 7. The number of nitro benzene ring substituents is 1. The van der Waals surface area contributed by atoms with Crippen molar-refractivity contribution in [1.82, 2.24) is 15.5 Å². The van der Waals surface area contributed by atoms with Crippen molar-refractivity contribution in [3.05, 3.63) is 43.9 Å². The lowest BCUT2D eigenvalue weighted by atomic mass is 10.0. The molecule has 26 heavy (non-hydrogen) atoms. The number of anilines is 1. The smallest absolute Gasteiger partial charge is 0.288 e. The van der Waals surface area contributed by atoms with Crippen LogP contribution < -0.4 is 10.6 Å². The van der Waals surface area contributed by atoms with Gasteiger partial charge in [-0.3, -0.25) is 25.0 Å². The first-order valence-electron chi connectivity index (χ1n) is 7.54. The Morgan fingerprint density at radius 2 is 2.00 bits per heavy atom. The summed E-state index contributed by atoms with van der Waals surface area (Å²) in [7, 11) is 0. The van der Waals surface area contributed by atoms with Crippen molar-refractivity contribution in [2.75, 3.05) is 5.32 Å². The fourth-order valence-corrected chi connectivity index (χ4v) is 2.86. The van der Waals surface area contributed by atoms with Crippen molar-refractivity contribution in [2.45, 2.75) is 26.8 Å². The zero-order valence-corrected chi connectivity index (χ0v) is 15.7. The average Bonchev–Trinajstić information content (AvgIpc) is 2.96. The summed E-state index contributed by atoms with van der Waals surface area (Å²) >= 11 is 6.96. The third-order valence-electron chi connectivity index (χ3n) is 3.40. The van der Waals surface area contributed by atoms with Crippen LogP contribution >= 0.6 is 22.9 Å². The number of aromatic nitrogens is 2. The molecule has 0 aliphatic rings. The SMILES string of the molecule is Cc1nnc(NC(=O)C(NC(=O)c2ccc(Cl)c([N+](=O)[O-])c2)C(C)C)s1. The van der Waals surface area contributed by atoms with Gasteiger partial charge in [0.15, 0.2) is 0 Å². The maximum Gasteiger partial charge on any atom is 0.288 e. The largest absolute Gasteiger partial charge is 0.340 e. The van der Waals surface area contributed by atoms with E-state index in [9.17, 15) is 19.7 Å². The summed E-state index contributed by atoms with van der Waals surface area (Å²) in [5.41, 5.74) is -0.347. The van der Waals surface area contributed by atoms with E-state index in [1.807, 2.05) is 0 Å². The first-order chi connectivity index (χ1) is 12.2. The minimum absolute atomic E-state index is 0.0336. The molecular formula is C15H16ClN5O4S. The lowest BCUT2D eigenvalue weighted by molar-refractivity contribution is -0.384. The summed E-state index contributed by atoms with van der Waals surface area (Å²) < 4.78 is 0. The number of benzene rings is 1. The molecule has 0 aliphatic carbocycles. The van der Waals surface area contributed by atoms with Gasteiger partial charge in [0.25, 0.3) is 11.6 Å². The van der Waals surface area contributed by atoms with Crippen molar-refractivity contribution in [2.24, 2.45) is 5.92 Å². The highest BCUT2D eigenvalue weighted by Crippen LogP contribution is 2.25. The van der Waals surface area contributed by atoms with Crippen LogP contribution in [0.2, 0.25) is 5.02 Å². The van der Waals surface area contributed by atoms with Gasteiger partial charge in [-0.25, -0.2) is 0 Å². The normalized spacial score (nSPS) is 11.9. The second-order valence-electron chi connectivity index (χ2n) is 5.73. The maximum atomic E-state index is 12.4. The Morgan fingerprint density at radius 1 is 1.31 bits per heavy atom. The van der Waals surface area contributed by atoms with E-state index in [0.717, 1.165) is 6.07 Å². The number of carbonyl (C=O) groups is 2. The molecule has 11 heteroatoms. The van der Waals surface area contributed by atoms with Crippen molar-refractivity contribution in [1.29, 1.82) is 0 Å². The van der Waals surface area contributed by atoms with Gasteiger partial charge in [-0.15, -0.1) is 10.2 Å². The molecule has 9 nitrogen and oxygen atoms in total. The molecule has 0 saturated carbocycles. The van der Waals surface area contributed by atoms with Crippen LogP contribution in [-0.2, 0) is 4.79 Å². The second kappa shape index (κ2) is 8.19. The maximum absolute atomic E-state index is 12.4. The van der Waals surface area contributed by atoms with Gasteiger partial charge in [-0.1, -0.05) is 36.8 Å². The molecule has 0 radical (unpaired) electrons. The minimum Gasteiger partial charge on any atom is -0.340 e. The predicted octanol–water partition coefficient (Wildman–Crippen LogP) is 2.80. The number of nitrogens with one attached hydrogen (secondary N) is 2. The molecule has 2 amide bonds. The molecule has 2 rings (SSSR count). The predicted molar refractivity (Wildman–Crippen MR) is 97.5 cm³/mol. The van der Waals surface area contributed by atoms with Gasteiger partial charge >= 0.3 is 0 Å². The highest BCUT2D eigenvalue weighted by atomic mass is 35.5. The molecule has 1 heterocycles. The zero-order valence-electron chi connectivity index (χ0n) is 14.1. The Hall–Kier alpha value is -2.59. The molecule has 1 unspecified atom stereocenters. The third-order valence-corrected chi connectivity index (χ3v) is 4.47. The van der Waals surface area contributed by atoms with E-state index < -0.39 is 22.8 Å². The van der Waals surface area contributed by atoms with E-state index in [-0.39, 0.29) is 22.2 Å². The third kappa shape index (κ3) is 4.73. The monoisotopic (exact) mass is 397 g/mol. The quantitative estimate of drug-likeness (QED) is 0.569. The summed E-state index contributed by atoms with van der Waals surface area (Å²) in [6.45, 7) is 5.28. The Morgan fingerprint density at radius 3 is 2.54 bits per heavy atom. The Labute approximate surface area is 157 Å². The van der Waals surface area contributed by atoms with E-state index in [1.165, 1.54) is 23.5 Å². The summed E-state index contributed by atoms with van der Waals surface area (Å²) in [6.07, 6.45) is 0. The summed E-state index contributed by atoms with van der Waals surface area (Å²) in [6, 6.07) is 2.83. The number of aryl methyl sites for hydroxylation is 1. The Bertz CT molecular complexity index is 854. The van der Waals surface area contributed by atoms with E-state index in [4.69, 9.17) is 11.6 Å². The molecule has 0 saturated heterocycles. The molecular weight excluding hydrogens is 382 g/mol. The lowest BCUT2D eigenvalue weighted by Gasteiger charge is -2.21. The first kappa shape index (κ1) is 19.7. The number of hydrogen-bond donors (Lipinski definition) is 2. The highest BCUT2D eigenvalue weighted by Gasteiger charge is 2.26. The first-order valence-corrected chi connectivity index (χ1v) is 8.74. The molecule has 2 aromatic rings. The van der Waals surface area contributed by atoms with Gasteiger partial charge in [-0.05, 0) is 25.0 Å². The Kier molecular flexibility index (Phi) is 6.22. The number of nitro groups is 1. The van der Waals surface area contributed by atoms with E-state index in [0.29, 0.717) is 10.1 Å². The van der Waals surface area contributed by atoms with E-state index in [2.05, 4.69) is 20.8 Å². The summed E-state index contributed by atoms with van der Waals surface area (Å²) in [5.74, 6) is -1.30. The van der Waals surface area contributed by atoms with Crippen LogP contribution in [0.3, 0.4) is 0 Å². The fourth-order valence-electron chi connectivity index (χ4n) is 2.08. The molecule has 1 atom stereocenters. The van der Waals surface area contributed by atoms with Gasteiger partial charge in [0.05, 0.1) is 4.92 Å². The van der Waals surface area contributed by atoms with Crippen LogP contribution in [0.1, 0.15) is 29.2 Å². The number of nitrogens with zero attached hydrogens (tertiary/aromatic N) is 3. The highest BCUT2D eigenvalue weighted by molar-refractivity contribution is 7.15.